The molecule has 0 radical (unpaired) electrons. The summed E-state index contributed by atoms with van der Waals surface area (Å²) in [6.07, 6.45) is -2.04. The highest BCUT2D eigenvalue weighted by molar-refractivity contribution is 5.84. The lowest BCUT2D eigenvalue weighted by atomic mass is 10.1. The summed E-state index contributed by atoms with van der Waals surface area (Å²) in [4.78, 5) is 24.7. The summed E-state index contributed by atoms with van der Waals surface area (Å²) in [7, 11) is 0. The van der Waals surface area contributed by atoms with E-state index in [0.29, 0.717) is 18.5 Å². The molecule has 2 amide bonds. The van der Waals surface area contributed by atoms with E-state index in [-0.39, 0.29) is 12.5 Å². The molecule has 19 heavy (non-hydrogen) atoms. The average Bonchev–Trinajstić information content (AvgIpc) is 2.83. The monoisotopic (exact) mass is 264 g/mol. The van der Waals surface area contributed by atoms with Crippen molar-refractivity contribution in [3.8, 4) is 0 Å². The summed E-state index contributed by atoms with van der Waals surface area (Å²) < 4.78 is 4.91. The molecule has 3 N–H and O–H groups in total. The summed E-state index contributed by atoms with van der Waals surface area (Å²) in [5.74, 6) is -0.360. The molecule has 102 valence electrons. The highest BCUT2D eigenvalue weighted by atomic mass is 16.6. The normalized spacial score (nSPS) is 20.1. The Bertz CT molecular complexity index is 463. The number of hydrogen-bond acceptors (Lipinski definition) is 4. The first-order chi connectivity index (χ1) is 9.08. The minimum absolute atomic E-state index is 0.254. The van der Waals surface area contributed by atoms with E-state index < -0.39 is 18.3 Å². The number of nitrogens with zero attached hydrogens (tertiary/aromatic N) is 1. The van der Waals surface area contributed by atoms with Gasteiger partial charge < -0.3 is 20.5 Å². The maximum atomic E-state index is 12.3. The largest absolute Gasteiger partial charge is 0.431 e. The van der Waals surface area contributed by atoms with Gasteiger partial charge in [-0.15, -0.1) is 0 Å². The minimum atomic E-state index is -1.05. The molecule has 1 heterocycles. The molecule has 0 spiro atoms. The zero-order valence-corrected chi connectivity index (χ0v) is 10.4. The fourth-order valence-electron chi connectivity index (χ4n) is 2.11. The van der Waals surface area contributed by atoms with Crippen LogP contribution in [0, 0.1) is 0 Å². The molecule has 6 heteroatoms. The van der Waals surface area contributed by atoms with Crippen molar-refractivity contribution in [2.24, 2.45) is 5.73 Å². The lowest BCUT2D eigenvalue weighted by Gasteiger charge is -2.22. The maximum absolute atomic E-state index is 12.3. The molecular weight excluding hydrogens is 248 g/mol. The van der Waals surface area contributed by atoms with Crippen molar-refractivity contribution in [3.05, 3.63) is 35.9 Å². The van der Waals surface area contributed by atoms with Crippen molar-refractivity contribution in [1.82, 2.24) is 4.90 Å². The van der Waals surface area contributed by atoms with Gasteiger partial charge in [-0.3, -0.25) is 4.79 Å². The molecule has 1 aromatic rings. The minimum Gasteiger partial charge on any atom is -0.431 e. The van der Waals surface area contributed by atoms with Crippen LogP contribution < -0.4 is 5.73 Å². The van der Waals surface area contributed by atoms with E-state index in [1.54, 1.807) is 30.3 Å². The van der Waals surface area contributed by atoms with Crippen LogP contribution >= 0.6 is 0 Å². The van der Waals surface area contributed by atoms with Crippen molar-refractivity contribution >= 4 is 12.0 Å². The van der Waals surface area contributed by atoms with Crippen LogP contribution in [-0.4, -0.2) is 41.2 Å². The molecule has 0 saturated carbocycles. The van der Waals surface area contributed by atoms with Crippen molar-refractivity contribution in [2.45, 2.75) is 18.6 Å². The number of aliphatic hydroxyl groups is 1. The standard InChI is InChI=1S/C13H16N2O4/c14-13(18)19-11(9-4-2-1-3-5-9)12(17)15-7-6-10(16)8-15/h1-5,10-11,16H,6-8H2,(H2,14,18). The summed E-state index contributed by atoms with van der Waals surface area (Å²) >= 11 is 0. The fourth-order valence-corrected chi connectivity index (χ4v) is 2.11. The van der Waals surface area contributed by atoms with Gasteiger partial charge in [0.05, 0.1) is 6.10 Å². The second-order valence-corrected chi connectivity index (χ2v) is 4.45. The van der Waals surface area contributed by atoms with E-state index in [1.807, 2.05) is 0 Å². The van der Waals surface area contributed by atoms with Gasteiger partial charge in [-0.1, -0.05) is 30.3 Å². The van der Waals surface area contributed by atoms with Crippen LogP contribution in [0.15, 0.2) is 30.3 Å². The summed E-state index contributed by atoms with van der Waals surface area (Å²) in [6.45, 7) is 0.704. The molecule has 1 aliphatic heterocycles. The average molecular weight is 264 g/mol. The predicted molar refractivity (Wildman–Crippen MR) is 67.1 cm³/mol. The summed E-state index contributed by atoms with van der Waals surface area (Å²) in [6, 6.07) is 8.68. The third-order valence-corrected chi connectivity index (χ3v) is 3.04. The second-order valence-electron chi connectivity index (χ2n) is 4.45. The van der Waals surface area contributed by atoms with Gasteiger partial charge in [0.15, 0.2) is 0 Å². The number of nitrogens with two attached hydrogens (primary N) is 1. The number of carbonyl (C=O) groups excluding carboxylic acids is 2. The molecule has 0 bridgehead atoms. The third-order valence-electron chi connectivity index (χ3n) is 3.04. The Balaban J connectivity index is 2.18. The van der Waals surface area contributed by atoms with E-state index in [0.717, 1.165) is 0 Å². The molecule has 0 aromatic heterocycles. The zero-order valence-electron chi connectivity index (χ0n) is 10.4. The van der Waals surface area contributed by atoms with E-state index in [2.05, 4.69) is 0 Å². The topological polar surface area (TPSA) is 92.9 Å². The number of carbonyl (C=O) groups is 2. The zero-order chi connectivity index (χ0) is 13.8. The molecule has 2 atom stereocenters. The number of rotatable bonds is 3. The van der Waals surface area contributed by atoms with E-state index in [1.165, 1.54) is 4.90 Å². The Hall–Kier alpha value is -2.08. The highest BCUT2D eigenvalue weighted by Gasteiger charge is 2.32. The first kappa shape index (κ1) is 13.4. The van der Waals surface area contributed by atoms with Crippen LogP contribution in [0.2, 0.25) is 0 Å². The summed E-state index contributed by atoms with van der Waals surface area (Å²) in [5, 5.41) is 9.46. The number of ether oxygens (including phenoxy) is 1. The van der Waals surface area contributed by atoms with Crippen LogP contribution in [0.1, 0.15) is 18.1 Å². The number of hydrogen-bond donors (Lipinski definition) is 2. The first-order valence-electron chi connectivity index (χ1n) is 6.06. The molecule has 1 aromatic carbocycles. The van der Waals surface area contributed by atoms with Gasteiger partial charge >= 0.3 is 6.09 Å². The summed E-state index contributed by atoms with van der Waals surface area (Å²) in [5.41, 5.74) is 5.58. The molecule has 6 nitrogen and oxygen atoms in total. The van der Waals surface area contributed by atoms with Gasteiger partial charge in [-0.05, 0) is 6.42 Å². The Labute approximate surface area is 110 Å². The Kier molecular flexibility index (Phi) is 4.01. The van der Waals surface area contributed by atoms with Crippen LogP contribution in [-0.2, 0) is 9.53 Å². The quantitative estimate of drug-likeness (QED) is 0.827. The van der Waals surface area contributed by atoms with Crippen LogP contribution in [0.4, 0.5) is 4.79 Å². The second kappa shape index (κ2) is 5.71. The number of aliphatic hydroxyl groups excluding tert-OH is 1. The van der Waals surface area contributed by atoms with Gasteiger partial charge in [0.2, 0.25) is 6.10 Å². The van der Waals surface area contributed by atoms with E-state index in [9.17, 15) is 14.7 Å². The van der Waals surface area contributed by atoms with Crippen LogP contribution in [0.25, 0.3) is 0 Å². The number of likely N-dealkylation sites (tertiary alicyclic amines) is 1. The van der Waals surface area contributed by atoms with Crippen molar-refractivity contribution in [2.75, 3.05) is 13.1 Å². The molecule has 2 unspecified atom stereocenters. The molecule has 0 aliphatic carbocycles. The van der Waals surface area contributed by atoms with Crippen molar-refractivity contribution in [3.63, 3.8) is 0 Å². The van der Waals surface area contributed by atoms with Gasteiger partial charge in [0.1, 0.15) is 0 Å². The number of β-amino-alcohol motifs (C(OH)–C–C–N with tert-alkyl or cyclic N) is 1. The van der Waals surface area contributed by atoms with Gasteiger partial charge in [-0.2, -0.15) is 0 Å². The van der Waals surface area contributed by atoms with Crippen LogP contribution in [0.3, 0.4) is 0 Å². The van der Waals surface area contributed by atoms with Gasteiger partial charge in [-0.25, -0.2) is 4.79 Å². The van der Waals surface area contributed by atoms with Gasteiger partial charge in [0.25, 0.3) is 5.91 Å². The Morgan fingerprint density at radius 3 is 2.58 bits per heavy atom. The van der Waals surface area contributed by atoms with E-state index >= 15 is 0 Å². The van der Waals surface area contributed by atoms with Crippen molar-refractivity contribution in [1.29, 1.82) is 0 Å². The van der Waals surface area contributed by atoms with Crippen molar-refractivity contribution < 1.29 is 19.4 Å². The highest BCUT2D eigenvalue weighted by Crippen LogP contribution is 2.22. The smallest absolute Gasteiger partial charge is 0.405 e. The number of primary amides is 1. The lowest BCUT2D eigenvalue weighted by Crippen LogP contribution is -2.36. The number of amides is 2. The molecular formula is C13H16N2O4. The lowest BCUT2D eigenvalue weighted by molar-refractivity contribution is -0.139. The van der Waals surface area contributed by atoms with Gasteiger partial charge in [0, 0.05) is 18.7 Å². The first-order valence-corrected chi connectivity index (χ1v) is 6.06. The molecule has 2 rings (SSSR count). The Morgan fingerprint density at radius 1 is 1.37 bits per heavy atom. The maximum Gasteiger partial charge on any atom is 0.405 e. The Morgan fingerprint density at radius 2 is 2.05 bits per heavy atom. The predicted octanol–water partition coefficient (Wildman–Crippen LogP) is 0.416. The number of benzene rings is 1. The fraction of sp³-hybridized carbons (Fsp3) is 0.385. The molecule has 1 fully saturated rings. The third kappa shape index (κ3) is 3.23. The molecule has 1 aliphatic rings. The van der Waals surface area contributed by atoms with Crippen LogP contribution in [0.5, 0.6) is 0 Å². The SMILES string of the molecule is NC(=O)OC(C(=O)N1CCC(O)C1)c1ccccc1. The molecule has 1 saturated heterocycles. The van der Waals surface area contributed by atoms with E-state index in [4.69, 9.17) is 10.5 Å².